The van der Waals surface area contributed by atoms with Crippen molar-refractivity contribution in [2.75, 3.05) is 5.32 Å². The number of primary amides is 1. The van der Waals surface area contributed by atoms with Gasteiger partial charge in [0, 0.05) is 6.07 Å². The number of amides is 2. The molecule has 2 rings (SSSR count). The Morgan fingerprint density at radius 3 is 2.32 bits per heavy atom. The second-order valence-corrected chi connectivity index (χ2v) is 4.80. The van der Waals surface area contributed by atoms with Gasteiger partial charge in [0.15, 0.2) is 0 Å². The third-order valence-electron chi connectivity index (χ3n) is 3.27. The van der Waals surface area contributed by atoms with Crippen LogP contribution in [0.3, 0.4) is 0 Å². The Bertz CT molecular complexity index is 718. The highest BCUT2D eigenvalue weighted by atomic mass is 19.1. The van der Waals surface area contributed by atoms with Crippen molar-refractivity contribution >= 4 is 17.5 Å². The molecule has 0 saturated heterocycles. The molecule has 0 fully saturated rings. The summed E-state index contributed by atoms with van der Waals surface area (Å²) in [6, 6.07) is 10.3. The number of nitrogens with two attached hydrogens (primary N) is 1. The van der Waals surface area contributed by atoms with Crippen LogP contribution < -0.4 is 11.1 Å². The molecule has 1 atom stereocenters. The first kappa shape index (κ1) is 15.6. The molecular formula is C16H14F2N2O2. The fourth-order valence-corrected chi connectivity index (χ4v) is 1.97. The molecule has 0 unspecified atom stereocenters. The van der Waals surface area contributed by atoms with E-state index in [4.69, 9.17) is 5.73 Å². The number of rotatable bonds is 4. The highest BCUT2D eigenvalue weighted by molar-refractivity contribution is 5.98. The number of nitrogens with one attached hydrogen (secondary N) is 1. The lowest BCUT2D eigenvalue weighted by atomic mass is 10.0. The van der Waals surface area contributed by atoms with E-state index in [9.17, 15) is 18.4 Å². The second-order valence-electron chi connectivity index (χ2n) is 4.80. The van der Waals surface area contributed by atoms with Crippen LogP contribution in [-0.4, -0.2) is 11.8 Å². The minimum atomic E-state index is -1.07. The Morgan fingerprint density at radius 1 is 1.09 bits per heavy atom. The Kier molecular flexibility index (Phi) is 4.50. The van der Waals surface area contributed by atoms with Gasteiger partial charge in [-0.15, -0.1) is 0 Å². The van der Waals surface area contributed by atoms with Gasteiger partial charge in [-0.25, -0.2) is 8.78 Å². The van der Waals surface area contributed by atoms with Crippen molar-refractivity contribution in [2.45, 2.75) is 12.8 Å². The first-order chi connectivity index (χ1) is 10.4. The summed E-state index contributed by atoms with van der Waals surface area (Å²) in [5, 5.41) is 2.34. The quantitative estimate of drug-likeness (QED) is 0.911. The summed E-state index contributed by atoms with van der Waals surface area (Å²) in [7, 11) is 0. The molecule has 0 aliphatic heterocycles. The van der Waals surface area contributed by atoms with E-state index in [-0.39, 0.29) is 5.69 Å². The summed E-state index contributed by atoms with van der Waals surface area (Å²) in [5.74, 6) is -4.10. The van der Waals surface area contributed by atoms with Crippen molar-refractivity contribution in [3.63, 3.8) is 0 Å². The average Bonchev–Trinajstić information content (AvgIpc) is 2.49. The van der Waals surface area contributed by atoms with Crippen LogP contribution in [-0.2, 0) is 4.79 Å². The number of halogens is 2. The minimum Gasteiger partial charge on any atom is -0.366 e. The predicted molar refractivity (Wildman–Crippen MR) is 78.4 cm³/mol. The van der Waals surface area contributed by atoms with E-state index in [2.05, 4.69) is 5.32 Å². The van der Waals surface area contributed by atoms with E-state index in [1.54, 1.807) is 31.2 Å². The molecule has 22 heavy (non-hydrogen) atoms. The zero-order valence-corrected chi connectivity index (χ0v) is 11.8. The van der Waals surface area contributed by atoms with Crippen molar-refractivity contribution in [2.24, 2.45) is 5.73 Å². The molecule has 0 saturated carbocycles. The molecule has 2 aromatic rings. The van der Waals surface area contributed by atoms with Gasteiger partial charge in [0.2, 0.25) is 5.91 Å². The summed E-state index contributed by atoms with van der Waals surface area (Å²) in [5.41, 5.74) is 4.98. The molecule has 0 spiro atoms. The average molecular weight is 304 g/mol. The maximum atomic E-state index is 13.7. The van der Waals surface area contributed by atoms with Gasteiger partial charge in [-0.05, 0) is 18.6 Å². The van der Waals surface area contributed by atoms with Crippen LogP contribution in [0.15, 0.2) is 42.5 Å². The fourth-order valence-electron chi connectivity index (χ4n) is 1.97. The minimum absolute atomic E-state index is 0.289. The first-order valence-electron chi connectivity index (χ1n) is 6.54. The number of hydrogen-bond donors (Lipinski definition) is 2. The van der Waals surface area contributed by atoms with E-state index >= 15 is 0 Å². The summed E-state index contributed by atoms with van der Waals surface area (Å²) in [6.07, 6.45) is 0. The number of carbonyl (C=O) groups excluding carboxylic acids is 2. The number of benzene rings is 2. The van der Waals surface area contributed by atoms with Crippen molar-refractivity contribution in [3.8, 4) is 0 Å². The Morgan fingerprint density at radius 2 is 1.73 bits per heavy atom. The third-order valence-corrected chi connectivity index (χ3v) is 3.27. The summed E-state index contributed by atoms with van der Waals surface area (Å²) in [6.45, 7) is 1.65. The maximum absolute atomic E-state index is 13.7. The Hall–Kier alpha value is -2.76. The van der Waals surface area contributed by atoms with Gasteiger partial charge in [0.25, 0.3) is 5.91 Å². The lowest BCUT2D eigenvalue weighted by Crippen LogP contribution is -2.21. The van der Waals surface area contributed by atoms with Gasteiger partial charge in [-0.3, -0.25) is 9.59 Å². The maximum Gasteiger partial charge on any atom is 0.251 e. The lowest BCUT2D eigenvalue weighted by Gasteiger charge is -2.13. The van der Waals surface area contributed by atoms with Crippen LogP contribution >= 0.6 is 0 Å². The van der Waals surface area contributed by atoms with Gasteiger partial charge < -0.3 is 11.1 Å². The van der Waals surface area contributed by atoms with Crippen molar-refractivity contribution in [1.82, 2.24) is 0 Å². The van der Waals surface area contributed by atoms with Crippen molar-refractivity contribution in [1.29, 1.82) is 0 Å². The van der Waals surface area contributed by atoms with Gasteiger partial charge >= 0.3 is 0 Å². The van der Waals surface area contributed by atoms with Gasteiger partial charge in [-0.1, -0.05) is 30.3 Å². The van der Waals surface area contributed by atoms with Crippen molar-refractivity contribution in [3.05, 3.63) is 65.2 Å². The largest absolute Gasteiger partial charge is 0.366 e. The van der Waals surface area contributed by atoms with Gasteiger partial charge in [-0.2, -0.15) is 0 Å². The summed E-state index contributed by atoms with van der Waals surface area (Å²) >= 11 is 0. The topological polar surface area (TPSA) is 72.2 Å². The number of anilines is 1. The van der Waals surface area contributed by atoms with E-state index in [0.717, 1.165) is 11.6 Å². The predicted octanol–water partition coefficient (Wildman–Crippen LogP) is 2.81. The second kappa shape index (κ2) is 6.34. The van der Waals surface area contributed by atoms with Gasteiger partial charge in [0.1, 0.15) is 11.6 Å². The van der Waals surface area contributed by atoms with Gasteiger partial charge in [0.05, 0.1) is 17.2 Å². The van der Waals surface area contributed by atoms with Crippen LogP contribution in [0.4, 0.5) is 14.5 Å². The molecule has 114 valence electrons. The molecule has 3 N–H and O–H groups in total. The Labute approximate surface area is 125 Å². The molecule has 0 heterocycles. The molecule has 6 heteroatoms. The molecule has 0 radical (unpaired) electrons. The molecule has 0 bridgehead atoms. The number of carbonyl (C=O) groups is 2. The molecule has 0 aromatic heterocycles. The van der Waals surface area contributed by atoms with Crippen LogP contribution in [0.25, 0.3) is 0 Å². The van der Waals surface area contributed by atoms with Crippen LogP contribution in [0.1, 0.15) is 28.8 Å². The number of hydrogen-bond acceptors (Lipinski definition) is 2. The molecule has 4 nitrogen and oxygen atoms in total. The van der Waals surface area contributed by atoms with E-state index < -0.39 is 34.9 Å². The van der Waals surface area contributed by atoms with E-state index in [1.165, 1.54) is 0 Å². The standard InChI is InChI=1S/C16H14F2N2O2/c1-9(10-5-3-2-4-6-10)16(22)20-14-7-11(15(19)21)12(17)8-13(14)18/h2-9H,1H3,(H2,19,21)(H,20,22)/t9-/m0/s1. The highest BCUT2D eigenvalue weighted by Gasteiger charge is 2.19. The van der Waals surface area contributed by atoms with Crippen LogP contribution in [0.5, 0.6) is 0 Å². The lowest BCUT2D eigenvalue weighted by molar-refractivity contribution is -0.117. The molecule has 2 aromatic carbocycles. The monoisotopic (exact) mass is 304 g/mol. The first-order valence-corrected chi connectivity index (χ1v) is 6.54. The van der Waals surface area contributed by atoms with Crippen LogP contribution in [0, 0.1) is 11.6 Å². The molecule has 0 aliphatic rings. The molecular weight excluding hydrogens is 290 g/mol. The molecule has 2 amide bonds. The summed E-state index contributed by atoms with van der Waals surface area (Å²) in [4.78, 5) is 23.2. The van der Waals surface area contributed by atoms with Crippen LogP contribution in [0.2, 0.25) is 0 Å². The zero-order chi connectivity index (χ0) is 16.3. The third kappa shape index (κ3) is 3.28. The van der Waals surface area contributed by atoms with E-state index in [0.29, 0.717) is 6.07 Å². The Balaban J connectivity index is 2.25. The summed E-state index contributed by atoms with van der Waals surface area (Å²) < 4.78 is 27.1. The van der Waals surface area contributed by atoms with Crippen molar-refractivity contribution < 1.29 is 18.4 Å². The van der Waals surface area contributed by atoms with E-state index in [1.807, 2.05) is 6.07 Å². The fraction of sp³-hybridized carbons (Fsp3) is 0.125. The molecule has 0 aliphatic carbocycles. The smallest absolute Gasteiger partial charge is 0.251 e. The SMILES string of the molecule is C[C@H](C(=O)Nc1cc(C(N)=O)c(F)cc1F)c1ccccc1. The normalized spacial score (nSPS) is 11.8. The highest BCUT2D eigenvalue weighted by Crippen LogP contribution is 2.22. The zero-order valence-electron chi connectivity index (χ0n) is 11.8.